The van der Waals surface area contributed by atoms with Gasteiger partial charge in [-0.3, -0.25) is 0 Å². The fourth-order valence-corrected chi connectivity index (χ4v) is 4.30. The van der Waals surface area contributed by atoms with Gasteiger partial charge in [0.25, 0.3) is 0 Å². The van der Waals surface area contributed by atoms with E-state index in [1.807, 2.05) is 0 Å². The Morgan fingerprint density at radius 2 is 2.00 bits per heavy atom. The number of hydrogen-bond acceptors (Lipinski definition) is 0. The summed E-state index contributed by atoms with van der Waals surface area (Å²) in [7, 11) is 0. The van der Waals surface area contributed by atoms with Crippen molar-refractivity contribution in [3.8, 4) is 0 Å². The molecule has 0 bridgehead atoms. The van der Waals surface area contributed by atoms with Crippen LogP contribution in [0.15, 0.2) is 40.5 Å². The summed E-state index contributed by atoms with van der Waals surface area (Å²) in [6.45, 7) is 3.77. The summed E-state index contributed by atoms with van der Waals surface area (Å²) in [6, 6.07) is 10.7. The molecule has 0 aliphatic heterocycles. The van der Waals surface area contributed by atoms with Crippen molar-refractivity contribution < 1.29 is 24.6 Å². The molecule has 0 aromatic heterocycles. The molecule has 0 saturated heterocycles. The second kappa shape index (κ2) is 4.67. The molecule has 1 aromatic carbocycles. The topological polar surface area (TPSA) is 0 Å². The van der Waals surface area contributed by atoms with Crippen LogP contribution in [0.3, 0.4) is 0 Å². The van der Waals surface area contributed by atoms with E-state index in [1.165, 1.54) is 9.49 Å². The van der Waals surface area contributed by atoms with Crippen LogP contribution in [0, 0.1) is 0 Å². The van der Waals surface area contributed by atoms with Gasteiger partial charge in [-0.05, 0) is 0 Å². The molecule has 0 fully saturated rings. The van der Waals surface area contributed by atoms with Crippen molar-refractivity contribution in [1.82, 2.24) is 0 Å². The van der Waals surface area contributed by atoms with Gasteiger partial charge >= 0.3 is 74.6 Å². The Kier molecular flexibility index (Phi) is 3.73. The molecule has 0 heterocycles. The van der Waals surface area contributed by atoms with E-state index < -0.39 is 24.6 Å². The average molecular weight is 319 g/mol. The van der Waals surface area contributed by atoms with Crippen molar-refractivity contribution >= 4 is 0 Å². The van der Waals surface area contributed by atoms with E-state index in [9.17, 15) is 0 Å². The molecule has 0 N–H and O–H groups in total. The third kappa shape index (κ3) is 2.65. The van der Waals surface area contributed by atoms with Crippen molar-refractivity contribution in [3.05, 3.63) is 46.1 Å². The van der Waals surface area contributed by atoms with Crippen molar-refractivity contribution in [2.75, 3.05) is 0 Å². The van der Waals surface area contributed by atoms with Crippen LogP contribution in [0.25, 0.3) is 0 Å². The van der Waals surface area contributed by atoms with Gasteiger partial charge in [0.15, 0.2) is 0 Å². The van der Waals surface area contributed by atoms with Gasteiger partial charge in [-0.15, -0.1) is 0 Å². The van der Waals surface area contributed by atoms with E-state index in [0.29, 0.717) is 0 Å². The Labute approximate surface area is 74.4 Å². The number of rotatable bonds is 3. The molecule has 0 spiro atoms. The Morgan fingerprint density at radius 3 is 2.60 bits per heavy atom. The van der Waals surface area contributed by atoms with Gasteiger partial charge in [-0.2, -0.15) is 0 Å². The van der Waals surface area contributed by atoms with Gasteiger partial charge in [-0.25, -0.2) is 0 Å². The zero-order chi connectivity index (χ0) is 7.23. The SMILES string of the molecule is C=[CH][Hg][CH2]c1ccccc1. The molecule has 0 saturated carbocycles. The van der Waals surface area contributed by atoms with Crippen molar-refractivity contribution in [1.29, 1.82) is 0 Å². The normalized spacial score (nSPS) is 8.40. The van der Waals surface area contributed by atoms with E-state index in [4.69, 9.17) is 0 Å². The molecular weight excluding hydrogens is 309 g/mol. The van der Waals surface area contributed by atoms with Gasteiger partial charge in [0.1, 0.15) is 0 Å². The Hall–Kier alpha value is -0.105. The zero-order valence-electron chi connectivity index (χ0n) is 6.09. The molecule has 1 heteroatoms. The summed E-state index contributed by atoms with van der Waals surface area (Å²) >= 11 is -0.664. The predicted octanol–water partition coefficient (Wildman–Crippen LogP) is 2.41. The quantitative estimate of drug-likeness (QED) is 0.751. The minimum atomic E-state index is -0.664. The second-order valence-corrected chi connectivity index (χ2v) is 8.75. The van der Waals surface area contributed by atoms with Gasteiger partial charge in [0.05, 0.1) is 0 Å². The first kappa shape index (κ1) is 8.00. The first-order valence-electron chi connectivity index (χ1n) is 3.58. The van der Waals surface area contributed by atoms with Crippen LogP contribution in [0.4, 0.5) is 0 Å². The van der Waals surface area contributed by atoms with Crippen LogP contribution in [-0.2, 0) is 28.5 Å². The second-order valence-electron chi connectivity index (χ2n) is 2.31. The van der Waals surface area contributed by atoms with Crippen LogP contribution in [0.5, 0.6) is 0 Å². The standard InChI is InChI=1S/C7H7.C2H3.Hg/c1-7-5-3-2-4-6-7;1-2;/h2-6H,1H2;1H,2H2;. The van der Waals surface area contributed by atoms with E-state index in [-0.39, 0.29) is 0 Å². The molecule has 0 amide bonds. The van der Waals surface area contributed by atoms with Crippen molar-refractivity contribution in [2.24, 2.45) is 0 Å². The molecule has 0 unspecified atom stereocenters. The maximum atomic E-state index is 3.77. The number of benzene rings is 1. The Balaban J connectivity index is 2.50. The minimum absolute atomic E-state index is 0.664. The molecule has 1 aromatic rings. The summed E-state index contributed by atoms with van der Waals surface area (Å²) in [5, 5.41) is 0. The summed E-state index contributed by atoms with van der Waals surface area (Å²) in [5.74, 6) is 0. The molecule has 0 nitrogen and oxygen atoms in total. The average Bonchev–Trinajstić information content (AvgIpc) is 2.03. The zero-order valence-corrected chi connectivity index (χ0v) is 11.6. The first-order valence-corrected chi connectivity index (χ1v) is 10.6. The Morgan fingerprint density at radius 1 is 1.30 bits per heavy atom. The van der Waals surface area contributed by atoms with Gasteiger partial charge < -0.3 is 0 Å². The van der Waals surface area contributed by atoms with Crippen LogP contribution < -0.4 is 0 Å². The van der Waals surface area contributed by atoms with E-state index in [1.54, 1.807) is 0 Å². The van der Waals surface area contributed by atoms with E-state index in [0.717, 1.165) is 0 Å². The van der Waals surface area contributed by atoms with Crippen LogP contribution >= 0.6 is 0 Å². The fraction of sp³-hybridized carbons (Fsp3) is 0.111. The van der Waals surface area contributed by atoms with E-state index in [2.05, 4.69) is 40.5 Å². The number of hydrogen-bond donors (Lipinski definition) is 0. The molecular formula is C9H10Hg. The predicted molar refractivity (Wildman–Crippen MR) is 40.3 cm³/mol. The third-order valence-electron chi connectivity index (χ3n) is 1.48. The van der Waals surface area contributed by atoms with Crippen LogP contribution in [0.2, 0.25) is 0 Å². The molecule has 0 aliphatic rings. The van der Waals surface area contributed by atoms with Crippen LogP contribution in [-0.4, -0.2) is 0 Å². The molecule has 48 valence electrons. The van der Waals surface area contributed by atoms with Gasteiger partial charge in [0.2, 0.25) is 0 Å². The third-order valence-corrected chi connectivity index (χ3v) is 6.43. The Bertz CT molecular complexity index is 191. The molecule has 10 heavy (non-hydrogen) atoms. The van der Waals surface area contributed by atoms with Crippen molar-refractivity contribution in [2.45, 2.75) is 3.93 Å². The van der Waals surface area contributed by atoms with Crippen molar-refractivity contribution in [3.63, 3.8) is 0 Å². The van der Waals surface area contributed by atoms with Gasteiger partial charge in [0, 0.05) is 0 Å². The van der Waals surface area contributed by atoms with Crippen LogP contribution in [0.1, 0.15) is 5.56 Å². The molecule has 1 rings (SSSR count). The molecule has 0 radical (unpaired) electrons. The summed E-state index contributed by atoms with van der Waals surface area (Å²) in [6.07, 6.45) is 0. The first-order chi connectivity index (χ1) is 4.93. The fourth-order valence-electron chi connectivity index (χ4n) is 0.913. The monoisotopic (exact) mass is 320 g/mol. The molecule has 0 atom stereocenters. The summed E-state index contributed by atoms with van der Waals surface area (Å²) < 4.78 is 3.51. The van der Waals surface area contributed by atoms with Gasteiger partial charge in [-0.1, -0.05) is 0 Å². The summed E-state index contributed by atoms with van der Waals surface area (Å²) in [5.41, 5.74) is 1.49. The maximum absolute atomic E-state index is 3.77. The summed E-state index contributed by atoms with van der Waals surface area (Å²) in [4.78, 5) is 0. The molecule has 0 aliphatic carbocycles. The van der Waals surface area contributed by atoms with E-state index >= 15 is 0 Å².